The molecule has 94 valence electrons. The third kappa shape index (κ3) is 2.41. The lowest BCUT2D eigenvalue weighted by atomic mass is 10.2. The van der Waals surface area contributed by atoms with Crippen LogP contribution < -0.4 is 5.56 Å². The number of carbonyl (C=O) groups is 1. The molecular formula is C8H4ClF4NO3. The summed E-state index contributed by atoms with van der Waals surface area (Å²) in [4.78, 5) is 22.7. The summed E-state index contributed by atoms with van der Waals surface area (Å²) in [6.07, 6.45) is 0. The Hall–Kier alpha value is -1.57. The minimum absolute atomic E-state index is 0.362. The van der Waals surface area contributed by atoms with E-state index in [0.717, 1.165) is 0 Å². The summed E-state index contributed by atoms with van der Waals surface area (Å²) >= 11 is 4.19. The first-order chi connectivity index (χ1) is 7.57. The van der Waals surface area contributed by atoms with Crippen molar-refractivity contribution in [3.8, 4) is 0 Å². The van der Waals surface area contributed by atoms with Gasteiger partial charge in [0.2, 0.25) is 0 Å². The molecule has 0 radical (unpaired) electrons. The molecule has 0 bridgehead atoms. The van der Waals surface area contributed by atoms with Crippen molar-refractivity contribution in [2.45, 2.75) is 11.3 Å². The number of aromatic nitrogens is 1. The maximum Gasteiger partial charge on any atom is 0.390 e. The van der Waals surface area contributed by atoms with Crippen LogP contribution in [-0.4, -0.2) is 21.4 Å². The molecule has 1 rings (SSSR count). The van der Waals surface area contributed by atoms with E-state index in [9.17, 15) is 27.2 Å². The van der Waals surface area contributed by atoms with Crippen molar-refractivity contribution in [3.63, 3.8) is 0 Å². The van der Waals surface area contributed by atoms with E-state index in [1.165, 1.54) is 4.98 Å². The highest BCUT2D eigenvalue weighted by Gasteiger charge is 2.57. The molecule has 0 fully saturated rings. The standard InChI is InChI=1S/C8H4ClF4NO3/c9-8(12,13)7(10,11)4-2-1-3(6(16)17)5(15)14-4/h1-2H,(H,14,15)(H,16,17). The van der Waals surface area contributed by atoms with Gasteiger partial charge in [0.05, 0.1) is 5.69 Å². The Morgan fingerprint density at radius 2 is 1.82 bits per heavy atom. The Kier molecular flexibility index (Phi) is 3.19. The summed E-state index contributed by atoms with van der Waals surface area (Å²) < 4.78 is 50.7. The lowest BCUT2D eigenvalue weighted by Gasteiger charge is -2.20. The van der Waals surface area contributed by atoms with Gasteiger partial charge in [-0.3, -0.25) is 4.79 Å². The number of pyridine rings is 1. The number of hydrogen-bond donors (Lipinski definition) is 2. The molecule has 2 N–H and O–H groups in total. The Balaban J connectivity index is 3.33. The molecule has 0 aliphatic heterocycles. The van der Waals surface area contributed by atoms with Gasteiger partial charge in [-0.15, -0.1) is 0 Å². The zero-order valence-electron chi connectivity index (χ0n) is 7.81. The largest absolute Gasteiger partial charge is 0.477 e. The second-order valence-electron chi connectivity index (χ2n) is 2.99. The van der Waals surface area contributed by atoms with Gasteiger partial charge in [0.1, 0.15) is 5.56 Å². The minimum Gasteiger partial charge on any atom is -0.477 e. The summed E-state index contributed by atoms with van der Waals surface area (Å²) in [5.74, 6) is -6.48. The van der Waals surface area contributed by atoms with Crippen LogP contribution in [-0.2, 0) is 5.92 Å². The fourth-order valence-corrected chi connectivity index (χ4v) is 1.08. The number of alkyl halides is 5. The summed E-state index contributed by atoms with van der Waals surface area (Å²) in [6.45, 7) is 0. The van der Waals surface area contributed by atoms with Crippen molar-refractivity contribution in [2.75, 3.05) is 0 Å². The molecule has 4 nitrogen and oxygen atoms in total. The smallest absolute Gasteiger partial charge is 0.390 e. The number of carboxylic acids is 1. The van der Waals surface area contributed by atoms with Crippen LogP contribution in [0.1, 0.15) is 16.1 Å². The SMILES string of the molecule is O=C(O)c1ccc(C(F)(F)C(F)(F)Cl)[nH]c1=O. The Morgan fingerprint density at radius 3 is 2.18 bits per heavy atom. The van der Waals surface area contributed by atoms with Gasteiger partial charge < -0.3 is 10.1 Å². The van der Waals surface area contributed by atoms with Crippen LogP contribution in [0.4, 0.5) is 17.6 Å². The summed E-state index contributed by atoms with van der Waals surface area (Å²) in [5, 5.41) is 3.54. The molecule has 1 aromatic heterocycles. The monoisotopic (exact) mass is 273 g/mol. The first kappa shape index (κ1) is 13.5. The van der Waals surface area contributed by atoms with Gasteiger partial charge in [-0.2, -0.15) is 17.6 Å². The number of rotatable bonds is 3. The van der Waals surface area contributed by atoms with Crippen molar-refractivity contribution >= 4 is 17.6 Å². The van der Waals surface area contributed by atoms with Crippen LogP contribution in [0, 0.1) is 0 Å². The van der Waals surface area contributed by atoms with E-state index in [2.05, 4.69) is 11.6 Å². The fraction of sp³-hybridized carbons (Fsp3) is 0.250. The lowest BCUT2D eigenvalue weighted by Crippen LogP contribution is -2.35. The molecule has 0 aromatic carbocycles. The minimum atomic E-state index is -4.90. The predicted molar refractivity (Wildman–Crippen MR) is 48.7 cm³/mol. The first-order valence-electron chi connectivity index (χ1n) is 3.99. The average Bonchev–Trinajstić information content (AvgIpc) is 2.14. The van der Waals surface area contributed by atoms with Crippen LogP contribution in [0.3, 0.4) is 0 Å². The van der Waals surface area contributed by atoms with E-state index in [1.54, 1.807) is 0 Å². The van der Waals surface area contributed by atoms with Gasteiger partial charge in [-0.05, 0) is 23.7 Å². The van der Waals surface area contributed by atoms with E-state index in [4.69, 9.17) is 5.11 Å². The Bertz CT molecular complexity index is 508. The van der Waals surface area contributed by atoms with Crippen molar-refractivity contribution in [1.82, 2.24) is 4.98 Å². The number of nitrogens with one attached hydrogen (secondary N) is 1. The Morgan fingerprint density at radius 1 is 1.29 bits per heavy atom. The van der Waals surface area contributed by atoms with Crippen molar-refractivity contribution in [3.05, 3.63) is 33.7 Å². The zero-order chi connectivity index (χ0) is 13.4. The number of aromatic carboxylic acids is 1. The van der Waals surface area contributed by atoms with E-state index in [0.29, 0.717) is 12.1 Å². The highest BCUT2D eigenvalue weighted by molar-refractivity contribution is 6.22. The Labute approximate surface area is 95.8 Å². The molecule has 0 saturated carbocycles. The maximum atomic E-state index is 13.0. The summed E-state index contributed by atoms with van der Waals surface area (Å²) in [5.41, 5.74) is -3.73. The first-order valence-corrected chi connectivity index (χ1v) is 4.37. The van der Waals surface area contributed by atoms with E-state index in [1.807, 2.05) is 0 Å². The highest BCUT2D eigenvalue weighted by atomic mass is 35.5. The van der Waals surface area contributed by atoms with Gasteiger partial charge >= 0.3 is 17.3 Å². The third-order valence-corrected chi connectivity index (χ3v) is 2.07. The highest BCUT2D eigenvalue weighted by Crippen LogP contribution is 2.44. The molecule has 0 saturated heterocycles. The maximum absolute atomic E-state index is 13.0. The van der Waals surface area contributed by atoms with Gasteiger partial charge in [0, 0.05) is 0 Å². The second kappa shape index (κ2) is 4.02. The van der Waals surface area contributed by atoms with Crippen LogP contribution >= 0.6 is 11.6 Å². The molecule has 0 aliphatic carbocycles. The average molecular weight is 274 g/mol. The zero-order valence-corrected chi connectivity index (χ0v) is 8.56. The van der Waals surface area contributed by atoms with Crippen molar-refractivity contribution < 1.29 is 27.5 Å². The van der Waals surface area contributed by atoms with E-state index in [-0.39, 0.29) is 0 Å². The summed E-state index contributed by atoms with van der Waals surface area (Å²) in [6, 6.07) is 0.855. The number of carboxylic acid groups (broad SMARTS) is 1. The quantitative estimate of drug-likeness (QED) is 0.654. The summed E-state index contributed by atoms with van der Waals surface area (Å²) in [7, 11) is 0. The molecule has 0 aliphatic rings. The number of halogens is 5. The van der Waals surface area contributed by atoms with Gasteiger partial charge in [0.15, 0.2) is 0 Å². The normalized spacial score (nSPS) is 12.5. The van der Waals surface area contributed by atoms with Gasteiger partial charge in [-0.25, -0.2) is 4.79 Å². The second-order valence-corrected chi connectivity index (χ2v) is 3.47. The number of hydrogen-bond acceptors (Lipinski definition) is 2. The van der Waals surface area contributed by atoms with E-state index >= 15 is 0 Å². The van der Waals surface area contributed by atoms with E-state index < -0.39 is 34.1 Å². The molecule has 0 spiro atoms. The molecule has 0 unspecified atom stereocenters. The molecule has 1 heterocycles. The number of aromatic amines is 1. The molecule has 9 heteroatoms. The third-order valence-electron chi connectivity index (χ3n) is 1.83. The topological polar surface area (TPSA) is 70.2 Å². The van der Waals surface area contributed by atoms with Crippen LogP contribution in [0.5, 0.6) is 0 Å². The van der Waals surface area contributed by atoms with Crippen LogP contribution in [0.15, 0.2) is 16.9 Å². The molecule has 0 amide bonds. The van der Waals surface area contributed by atoms with Crippen LogP contribution in [0.2, 0.25) is 0 Å². The van der Waals surface area contributed by atoms with Gasteiger partial charge in [-0.1, -0.05) is 0 Å². The van der Waals surface area contributed by atoms with Crippen LogP contribution in [0.25, 0.3) is 0 Å². The van der Waals surface area contributed by atoms with Crippen molar-refractivity contribution in [2.24, 2.45) is 0 Å². The molecular weight excluding hydrogens is 270 g/mol. The lowest BCUT2D eigenvalue weighted by molar-refractivity contribution is -0.166. The molecule has 1 aromatic rings. The van der Waals surface area contributed by atoms with Crippen molar-refractivity contribution in [1.29, 1.82) is 0 Å². The number of H-pyrrole nitrogens is 1. The molecule has 17 heavy (non-hydrogen) atoms. The van der Waals surface area contributed by atoms with Gasteiger partial charge in [0.25, 0.3) is 5.56 Å². The predicted octanol–water partition coefficient (Wildman–Crippen LogP) is 2.00. The molecule has 0 atom stereocenters. The fourth-order valence-electron chi connectivity index (χ4n) is 0.978.